The van der Waals surface area contributed by atoms with Crippen molar-refractivity contribution in [2.24, 2.45) is 0 Å². The molecule has 0 rings (SSSR count). The van der Waals surface area contributed by atoms with Crippen LogP contribution in [0.15, 0.2) is 0 Å². The van der Waals surface area contributed by atoms with Crippen molar-refractivity contribution in [2.75, 3.05) is 6.61 Å². The summed E-state index contributed by atoms with van der Waals surface area (Å²) in [7, 11) is 0. The van der Waals surface area contributed by atoms with Gasteiger partial charge in [0.15, 0.2) is 0 Å². The molecule has 0 amide bonds. The molecule has 0 bridgehead atoms. The minimum atomic E-state index is -2.71. The van der Waals surface area contributed by atoms with E-state index < -0.39 is 12.0 Å². The SMILES string of the molecule is CCCOC(C)C(C)(F)F. The molecular weight excluding hydrogens is 138 g/mol. The van der Waals surface area contributed by atoms with Crippen LogP contribution in [0.4, 0.5) is 8.78 Å². The van der Waals surface area contributed by atoms with Crippen molar-refractivity contribution in [3.8, 4) is 0 Å². The summed E-state index contributed by atoms with van der Waals surface area (Å²) < 4.78 is 29.4. The summed E-state index contributed by atoms with van der Waals surface area (Å²) in [4.78, 5) is 0. The molecule has 0 aromatic carbocycles. The fraction of sp³-hybridized carbons (Fsp3) is 1.00. The van der Waals surface area contributed by atoms with Crippen LogP contribution >= 0.6 is 0 Å². The molecule has 3 heteroatoms. The zero-order chi connectivity index (χ0) is 8.20. The van der Waals surface area contributed by atoms with E-state index in [1.54, 1.807) is 0 Å². The molecule has 10 heavy (non-hydrogen) atoms. The van der Waals surface area contributed by atoms with Crippen LogP contribution in [-0.4, -0.2) is 18.6 Å². The first-order chi connectivity index (χ1) is 4.48. The molecule has 0 spiro atoms. The molecule has 0 aliphatic carbocycles. The largest absolute Gasteiger partial charge is 0.372 e. The Bertz CT molecular complexity index is 88.1. The summed E-state index contributed by atoms with van der Waals surface area (Å²) in [6.07, 6.45) is -0.187. The van der Waals surface area contributed by atoms with Gasteiger partial charge in [-0.1, -0.05) is 6.92 Å². The molecule has 0 N–H and O–H groups in total. The number of ether oxygens (including phenoxy) is 1. The summed E-state index contributed by atoms with van der Waals surface area (Å²) in [5, 5.41) is 0. The van der Waals surface area contributed by atoms with Crippen molar-refractivity contribution in [1.29, 1.82) is 0 Å². The van der Waals surface area contributed by atoms with Gasteiger partial charge in [0.05, 0.1) is 0 Å². The number of alkyl halides is 2. The molecule has 0 aromatic rings. The van der Waals surface area contributed by atoms with Gasteiger partial charge in [-0.3, -0.25) is 0 Å². The van der Waals surface area contributed by atoms with Gasteiger partial charge in [-0.05, 0) is 13.3 Å². The van der Waals surface area contributed by atoms with Crippen LogP contribution in [0.3, 0.4) is 0 Å². The third-order valence-electron chi connectivity index (χ3n) is 1.29. The van der Waals surface area contributed by atoms with Crippen molar-refractivity contribution < 1.29 is 13.5 Å². The van der Waals surface area contributed by atoms with Gasteiger partial charge in [-0.25, -0.2) is 8.78 Å². The van der Waals surface area contributed by atoms with Gasteiger partial charge >= 0.3 is 0 Å². The summed E-state index contributed by atoms with van der Waals surface area (Å²) in [6.45, 7) is 4.55. The topological polar surface area (TPSA) is 9.23 Å². The Morgan fingerprint density at radius 3 is 2.30 bits per heavy atom. The Labute approximate surface area is 60.4 Å². The van der Waals surface area contributed by atoms with E-state index >= 15 is 0 Å². The Balaban J connectivity index is 3.52. The minimum absolute atomic E-state index is 0.407. The van der Waals surface area contributed by atoms with Gasteiger partial charge in [-0.15, -0.1) is 0 Å². The minimum Gasteiger partial charge on any atom is -0.372 e. The highest BCUT2D eigenvalue weighted by atomic mass is 19.3. The van der Waals surface area contributed by atoms with Crippen LogP contribution in [-0.2, 0) is 4.74 Å². The zero-order valence-electron chi connectivity index (χ0n) is 6.66. The van der Waals surface area contributed by atoms with Gasteiger partial charge in [-0.2, -0.15) is 0 Å². The lowest BCUT2D eigenvalue weighted by Gasteiger charge is -2.19. The monoisotopic (exact) mass is 152 g/mol. The maximum Gasteiger partial charge on any atom is 0.270 e. The highest BCUT2D eigenvalue weighted by molar-refractivity contribution is 4.66. The standard InChI is InChI=1S/C7H14F2O/c1-4-5-10-6(2)7(3,8)9/h6H,4-5H2,1-3H3. The molecule has 0 radical (unpaired) electrons. The average molecular weight is 152 g/mol. The fourth-order valence-electron chi connectivity index (χ4n) is 0.441. The third-order valence-corrected chi connectivity index (χ3v) is 1.29. The number of halogens is 2. The van der Waals surface area contributed by atoms with Gasteiger partial charge in [0.2, 0.25) is 0 Å². The van der Waals surface area contributed by atoms with Gasteiger partial charge in [0, 0.05) is 13.5 Å². The van der Waals surface area contributed by atoms with Crippen molar-refractivity contribution in [2.45, 2.75) is 39.2 Å². The quantitative estimate of drug-likeness (QED) is 0.601. The Morgan fingerprint density at radius 1 is 1.50 bits per heavy atom. The normalized spacial score (nSPS) is 15.3. The van der Waals surface area contributed by atoms with Crippen molar-refractivity contribution in [3.05, 3.63) is 0 Å². The molecule has 0 aliphatic heterocycles. The van der Waals surface area contributed by atoms with Crippen LogP contribution in [0.1, 0.15) is 27.2 Å². The first-order valence-electron chi connectivity index (χ1n) is 3.48. The molecule has 1 unspecified atom stereocenters. The molecule has 1 nitrogen and oxygen atoms in total. The van der Waals surface area contributed by atoms with E-state index in [1.165, 1.54) is 6.92 Å². The lowest BCUT2D eigenvalue weighted by atomic mass is 10.2. The van der Waals surface area contributed by atoms with E-state index in [2.05, 4.69) is 0 Å². The van der Waals surface area contributed by atoms with E-state index in [0.717, 1.165) is 13.3 Å². The first-order valence-corrected chi connectivity index (χ1v) is 3.48. The van der Waals surface area contributed by atoms with E-state index in [4.69, 9.17) is 4.74 Å². The highest BCUT2D eigenvalue weighted by Gasteiger charge is 2.30. The molecular formula is C7H14F2O. The molecule has 1 atom stereocenters. The zero-order valence-corrected chi connectivity index (χ0v) is 6.66. The summed E-state index contributed by atoms with van der Waals surface area (Å²) >= 11 is 0. The van der Waals surface area contributed by atoms with Crippen molar-refractivity contribution in [1.82, 2.24) is 0 Å². The van der Waals surface area contributed by atoms with E-state index in [9.17, 15) is 8.78 Å². The van der Waals surface area contributed by atoms with Crippen LogP contribution in [0.2, 0.25) is 0 Å². The highest BCUT2D eigenvalue weighted by Crippen LogP contribution is 2.19. The van der Waals surface area contributed by atoms with E-state index in [0.29, 0.717) is 6.61 Å². The molecule has 0 fully saturated rings. The number of hydrogen-bond donors (Lipinski definition) is 0. The molecule has 0 aliphatic rings. The average Bonchev–Trinajstić information content (AvgIpc) is 1.80. The second-order valence-corrected chi connectivity index (χ2v) is 2.47. The lowest BCUT2D eigenvalue weighted by Crippen LogP contribution is -2.30. The summed E-state index contributed by atoms with van der Waals surface area (Å²) in [5.74, 6) is -2.71. The van der Waals surface area contributed by atoms with Gasteiger partial charge in [0.1, 0.15) is 6.10 Å². The van der Waals surface area contributed by atoms with E-state index in [1.807, 2.05) is 6.92 Å². The maximum absolute atomic E-state index is 12.3. The first kappa shape index (κ1) is 9.82. The molecule has 62 valence electrons. The second-order valence-electron chi connectivity index (χ2n) is 2.47. The summed E-state index contributed by atoms with van der Waals surface area (Å²) in [6, 6.07) is 0. The van der Waals surface area contributed by atoms with Crippen molar-refractivity contribution >= 4 is 0 Å². The van der Waals surface area contributed by atoms with Crippen LogP contribution < -0.4 is 0 Å². The van der Waals surface area contributed by atoms with Gasteiger partial charge < -0.3 is 4.74 Å². The Hall–Kier alpha value is -0.180. The van der Waals surface area contributed by atoms with Crippen LogP contribution in [0, 0.1) is 0 Å². The van der Waals surface area contributed by atoms with E-state index in [-0.39, 0.29) is 0 Å². The predicted molar refractivity (Wildman–Crippen MR) is 36.3 cm³/mol. The Kier molecular flexibility index (Phi) is 3.79. The summed E-state index contributed by atoms with van der Waals surface area (Å²) in [5.41, 5.74) is 0. The molecule has 0 aromatic heterocycles. The molecule has 0 saturated heterocycles. The smallest absolute Gasteiger partial charge is 0.270 e. The molecule has 0 saturated carbocycles. The van der Waals surface area contributed by atoms with Crippen LogP contribution in [0.25, 0.3) is 0 Å². The second kappa shape index (κ2) is 3.86. The number of hydrogen-bond acceptors (Lipinski definition) is 1. The Morgan fingerprint density at radius 2 is 2.00 bits per heavy atom. The third kappa shape index (κ3) is 3.77. The fourth-order valence-corrected chi connectivity index (χ4v) is 0.441. The lowest BCUT2D eigenvalue weighted by molar-refractivity contribution is -0.116. The number of rotatable bonds is 4. The molecule has 0 heterocycles. The van der Waals surface area contributed by atoms with Gasteiger partial charge in [0.25, 0.3) is 5.92 Å². The maximum atomic E-state index is 12.3. The predicted octanol–water partition coefficient (Wildman–Crippen LogP) is 2.46. The van der Waals surface area contributed by atoms with Crippen LogP contribution in [0.5, 0.6) is 0 Å². The van der Waals surface area contributed by atoms with Crippen molar-refractivity contribution in [3.63, 3.8) is 0 Å².